The predicted octanol–water partition coefficient (Wildman–Crippen LogP) is 6.38. The van der Waals surface area contributed by atoms with Crippen LogP contribution in [0.2, 0.25) is 10.0 Å². The molecule has 0 saturated carbocycles. The van der Waals surface area contributed by atoms with E-state index in [1.165, 1.54) is 7.11 Å². The first kappa shape index (κ1) is 22.7. The number of methoxy groups -OCH3 is 1. The van der Waals surface area contributed by atoms with E-state index in [1.807, 2.05) is 41.3 Å². The molecule has 0 aliphatic carbocycles. The van der Waals surface area contributed by atoms with Crippen LogP contribution in [0.4, 0.5) is 5.69 Å². The number of hydrogen-bond donors (Lipinski definition) is 1. The first-order chi connectivity index (χ1) is 15.4. The van der Waals surface area contributed by atoms with Crippen LogP contribution in [0.5, 0.6) is 0 Å². The first-order valence-corrected chi connectivity index (χ1v) is 11.3. The number of nitrogens with one attached hydrogen (secondary N) is 1. The van der Waals surface area contributed by atoms with Gasteiger partial charge in [0.15, 0.2) is 6.04 Å². The van der Waals surface area contributed by atoms with Gasteiger partial charge >= 0.3 is 5.97 Å². The molecule has 4 nitrogen and oxygen atoms in total. The van der Waals surface area contributed by atoms with Gasteiger partial charge in [0, 0.05) is 21.3 Å². The molecule has 0 spiro atoms. The maximum absolute atomic E-state index is 13.2. The molecule has 0 radical (unpaired) electrons. The van der Waals surface area contributed by atoms with Gasteiger partial charge in [-0.05, 0) is 47.5 Å². The van der Waals surface area contributed by atoms with Gasteiger partial charge in [0.25, 0.3) is 0 Å². The summed E-state index contributed by atoms with van der Waals surface area (Å²) in [5.74, 6) is -0.462. The van der Waals surface area contributed by atoms with Crippen LogP contribution in [0.15, 0.2) is 72.8 Å². The summed E-state index contributed by atoms with van der Waals surface area (Å²) in [7, 11) is 1.36. The van der Waals surface area contributed by atoms with Crippen molar-refractivity contribution in [1.82, 2.24) is 4.90 Å². The molecule has 1 heterocycles. The minimum atomic E-state index is -0.851. The first-order valence-electron chi connectivity index (χ1n) is 9.72. The second kappa shape index (κ2) is 9.55. The number of halogens is 2. The van der Waals surface area contributed by atoms with E-state index in [4.69, 9.17) is 52.4 Å². The molecule has 2 atom stereocenters. The highest BCUT2D eigenvalue weighted by atomic mass is 35.5. The summed E-state index contributed by atoms with van der Waals surface area (Å²) in [4.78, 5) is 16.0. The van der Waals surface area contributed by atoms with Crippen molar-refractivity contribution in [3.8, 4) is 0 Å². The Labute approximate surface area is 207 Å². The molecular weight excluding hydrogens is 483 g/mol. The van der Waals surface area contributed by atoms with Crippen molar-refractivity contribution in [3.63, 3.8) is 0 Å². The van der Waals surface area contributed by atoms with Gasteiger partial charge in [-0.3, -0.25) is 0 Å². The second-order valence-corrected chi connectivity index (χ2v) is 8.88. The predicted molar refractivity (Wildman–Crippen MR) is 137 cm³/mol. The van der Waals surface area contributed by atoms with E-state index in [9.17, 15) is 4.79 Å². The van der Waals surface area contributed by atoms with Crippen molar-refractivity contribution >= 4 is 69.3 Å². The fourth-order valence-corrected chi connectivity index (χ4v) is 4.75. The van der Waals surface area contributed by atoms with E-state index < -0.39 is 18.1 Å². The smallest absolute Gasteiger partial charge is 0.333 e. The molecule has 162 valence electrons. The minimum Gasteiger partial charge on any atom is -0.467 e. The summed E-state index contributed by atoms with van der Waals surface area (Å²) in [5, 5.41) is 4.48. The van der Waals surface area contributed by atoms with Crippen LogP contribution in [-0.2, 0) is 9.53 Å². The topological polar surface area (TPSA) is 41.6 Å². The van der Waals surface area contributed by atoms with E-state index in [1.54, 1.807) is 36.4 Å². The molecule has 32 heavy (non-hydrogen) atoms. The number of carbonyl (C=O) groups is 1. The highest BCUT2D eigenvalue weighted by Crippen LogP contribution is 2.39. The van der Waals surface area contributed by atoms with E-state index in [0.717, 1.165) is 16.8 Å². The molecule has 1 aliphatic heterocycles. The number of anilines is 1. The third-order valence-corrected chi connectivity index (χ3v) is 6.51. The van der Waals surface area contributed by atoms with Gasteiger partial charge in [-0.15, -0.1) is 0 Å². The number of thiocarbonyl (C=S) groups is 2. The fourth-order valence-electron chi connectivity index (χ4n) is 3.75. The van der Waals surface area contributed by atoms with Gasteiger partial charge in [-0.1, -0.05) is 84.0 Å². The van der Waals surface area contributed by atoms with E-state index >= 15 is 0 Å². The zero-order chi connectivity index (χ0) is 22.8. The summed E-state index contributed by atoms with van der Waals surface area (Å²) >= 11 is 24.0. The number of hydrogen-bond acceptors (Lipinski definition) is 4. The van der Waals surface area contributed by atoms with Crippen LogP contribution in [0.25, 0.3) is 0 Å². The minimum absolute atomic E-state index is 0.462. The third-order valence-electron chi connectivity index (χ3n) is 5.25. The maximum atomic E-state index is 13.2. The van der Waals surface area contributed by atoms with Crippen molar-refractivity contribution in [1.29, 1.82) is 0 Å². The van der Waals surface area contributed by atoms with Gasteiger partial charge < -0.3 is 15.0 Å². The lowest BCUT2D eigenvalue weighted by atomic mass is 9.98. The molecule has 3 aromatic carbocycles. The summed E-state index contributed by atoms with van der Waals surface area (Å²) < 4.78 is 5.21. The molecule has 0 amide bonds. The van der Waals surface area contributed by atoms with Crippen molar-refractivity contribution in [2.24, 2.45) is 0 Å². The van der Waals surface area contributed by atoms with Crippen LogP contribution in [0, 0.1) is 0 Å². The Bertz CT molecular complexity index is 1140. The largest absolute Gasteiger partial charge is 0.467 e. The Morgan fingerprint density at radius 2 is 1.56 bits per heavy atom. The molecule has 3 aromatic rings. The normalized spacial score (nSPS) is 16.6. The SMILES string of the molecule is COC(=O)C(c1ccc(Cl)cc1)N1C(=S)c2ccccc2NC(=S)C1c1ccc(Cl)cc1. The summed E-state index contributed by atoms with van der Waals surface area (Å²) in [6.07, 6.45) is 0. The Morgan fingerprint density at radius 1 is 0.969 bits per heavy atom. The molecule has 4 rings (SSSR count). The van der Waals surface area contributed by atoms with Gasteiger partial charge in [0.1, 0.15) is 16.0 Å². The van der Waals surface area contributed by atoms with Crippen LogP contribution in [-0.4, -0.2) is 28.0 Å². The van der Waals surface area contributed by atoms with Gasteiger partial charge in [0.2, 0.25) is 0 Å². The molecule has 0 saturated heterocycles. The molecule has 2 unspecified atom stereocenters. The number of carbonyl (C=O) groups excluding carboxylic acids is 1. The molecule has 1 N–H and O–H groups in total. The zero-order valence-electron chi connectivity index (χ0n) is 16.9. The molecule has 0 fully saturated rings. The van der Waals surface area contributed by atoms with Gasteiger partial charge in [-0.2, -0.15) is 0 Å². The third kappa shape index (κ3) is 4.36. The number of esters is 1. The molecule has 0 aromatic heterocycles. The number of benzene rings is 3. The molecule has 8 heteroatoms. The molecule has 0 bridgehead atoms. The van der Waals surface area contributed by atoms with Gasteiger partial charge in [-0.25, -0.2) is 4.79 Å². The molecular formula is C24H18Cl2N2O2S2. The van der Waals surface area contributed by atoms with E-state index in [2.05, 4.69) is 5.32 Å². The van der Waals surface area contributed by atoms with Crippen molar-refractivity contribution in [2.75, 3.05) is 12.4 Å². The number of ether oxygens (including phenoxy) is 1. The Kier molecular flexibility index (Phi) is 6.76. The summed E-state index contributed by atoms with van der Waals surface area (Å²) in [6, 6.07) is 20.6. The summed E-state index contributed by atoms with van der Waals surface area (Å²) in [5.41, 5.74) is 3.07. The van der Waals surface area contributed by atoms with Gasteiger partial charge in [0.05, 0.1) is 7.11 Å². The Hall–Kier alpha value is -2.51. The standard InChI is InChI=1S/C24H18Cl2N2O2S2/c1-30-24(29)21(15-8-12-17(26)13-9-15)28-20(14-6-10-16(25)11-7-14)22(31)27-19-5-3-2-4-18(19)23(28)32/h2-13,20-21H,1H3,(H,27,31). The van der Waals surface area contributed by atoms with Crippen molar-refractivity contribution < 1.29 is 9.53 Å². The van der Waals surface area contributed by atoms with Crippen LogP contribution in [0.3, 0.4) is 0 Å². The fraction of sp³-hybridized carbons (Fsp3) is 0.125. The number of nitrogens with zero attached hydrogens (tertiary/aromatic N) is 1. The van der Waals surface area contributed by atoms with E-state index in [0.29, 0.717) is 25.6 Å². The average Bonchev–Trinajstić information content (AvgIpc) is 2.90. The second-order valence-electron chi connectivity index (χ2n) is 7.18. The molecule has 1 aliphatic rings. The summed E-state index contributed by atoms with van der Waals surface area (Å²) in [6.45, 7) is 0. The van der Waals surface area contributed by atoms with Crippen LogP contribution < -0.4 is 5.32 Å². The van der Waals surface area contributed by atoms with Crippen molar-refractivity contribution in [3.05, 3.63) is 99.5 Å². The average molecular weight is 501 g/mol. The maximum Gasteiger partial charge on any atom is 0.333 e. The highest BCUT2D eigenvalue weighted by Gasteiger charge is 2.40. The zero-order valence-corrected chi connectivity index (χ0v) is 20.1. The van der Waals surface area contributed by atoms with Crippen LogP contribution >= 0.6 is 47.6 Å². The van der Waals surface area contributed by atoms with Crippen LogP contribution in [0.1, 0.15) is 28.8 Å². The lowest BCUT2D eigenvalue weighted by Crippen LogP contribution is -2.43. The lowest BCUT2D eigenvalue weighted by Gasteiger charge is -2.37. The van der Waals surface area contributed by atoms with E-state index in [-0.39, 0.29) is 0 Å². The Balaban J connectivity index is 1.95. The van der Waals surface area contributed by atoms with Crippen molar-refractivity contribution in [2.45, 2.75) is 12.1 Å². The number of rotatable bonds is 4. The number of para-hydroxylation sites is 1. The monoisotopic (exact) mass is 500 g/mol. The quantitative estimate of drug-likeness (QED) is 0.331. The highest BCUT2D eigenvalue weighted by molar-refractivity contribution is 7.81. The Morgan fingerprint density at radius 3 is 2.19 bits per heavy atom. The lowest BCUT2D eigenvalue weighted by molar-refractivity contribution is -0.146. The number of fused-ring (bicyclic) bond motifs is 1.